The normalized spacial score (nSPS) is 13.0. The minimum atomic E-state index is -3.83. The smallest absolute Gasteiger partial charge is 0.264 e. The molecule has 0 saturated carbocycles. The van der Waals surface area contributed by atoms with Crippen LogP contribution in [0.15, 0.2) is 29.2 Å². The maximum atomic E-state index is 13.0. The van der Waals surface area contributed by atoms with Gasteiger partial charge in [-0.1, -0.05) is 17.7 Å². The van der Waals surface area contributed by atoms with Crippen LogP contribution in [0.4, 0.5) is 0 Å². The summed E-state index contributed by atoms with van der Waals surface area (Å²) in [6, 6.07) is 6.37. The van der Waals surface area contributed by atoms with E-state index < -0.39 is 30.3 Å². The molecule has 11 nitrogen and oxygen atoms in total. The molecule has 31 heavy (non-hydrogen) atoms. The summed E-state index contributed by atoms with van der Waals surface area (Å²) in [7, 11) is -11.0. The largest absolute Gasteiger partial charge is 0.378 e. The number of sulfonamides is 1. The molecular weight excluding hydrogens is 474 g/mol. The Morgan fingerprint density at radius 2 is 1.10 bits per heavy atom. The summed E-state index contributed by atoms with van der Waals surface area (Å²) < 4.78 is 90.4. The van der Waals surface area contributed by atoms with Gasteiger partial charge >= 0.3 is 0 Å². The molecule has 0 aliphatic rings. The molecule has 0 radical (unpaired) electrons. The molecule has 0 spiro atoms. The van der Waals surface area contributed by atoms with E-state index in [0.29, 0.717) is 0 Å². The minimum absolute atomic E-state index is 0.00170. The van der Waals surface area contributed by atoms with Crippen molar-refractivity contribution in [3.8, 4) is 0 Å². The highest BCUT2D eigenvalue weighted by atomic mass is 32.2. The lowest BCUT2D eigenvalue weighted by Crippen LogP contribution is -2.37. The first-order chi connectivity index (χ1) is 14.3. The molecule has 0 heterocycles. The molecule has 0 aliphatic heterocycles. The van der Waals surface area contributed by atoms with Gasteiger partial charge in [0.05, 0.1) is 57.0 Å². The van der Waals surface area contributed by atoms with Crippen molar-refractivity contribution in [2.24, 2.45) is 0 Å². The molecular formula is C17H29NO10S3. The molecule has 0 saturated heterocycles. The summed E-state index contributed by atoms with van der Waals surface area (Å²) >= 11 is 0. The second kappa shape index (κ2) is 12.8. The molecule has 1 aromatic rings. The van der Waals surface area contributed by atoms with Crippen molar-refractivity contribution in [2.75, 3.05) is 65.2 Å². The molecule has 0 atom stereocenters. The van der Waals surface area contributed by atoms with E-state index >= 15 is 0 Å². The summed E-state index contributed by atoms with van der Waals surface area (Å²) in [5, 5.41) is 0. The van der Waals surface area contributed by atoms with Crippen LogP contribution in [0.5, 0.6) is 0 Å². The van der Waals surface area contributed by atoms with Crippen LogP contribution in [0.3, 0.4) is 0 Å². The molecule has 1 aromatic carbocycles. The van der Waals surface area contributed by atoms with Gasteiger partial charge in [-0.25, -0.2) is 8.42 Å². The molecule has 0 aliphatic carbocycles. The number of nitrogens with zero attached hydrogens (tertiary/aromatic N) is 1. The summed E-state index contributed by atoms with van der Waals surface area (Å²) in [6.07, 6.45) is 1.84. The van der Waals surface area contributed by atoms with Gasteiger partial charge in [0.15, 0.2) is 0 Å². The maximum Gasteiger partial charge on any atom is 0.264 e. The number of aryl methyl sites for hydroxylation is 1. The van der Waals surface area contributed by atoms with Crippen LogP contribution in [0.1, 0.15) is 5.56 Å². The van der Waals surface area contributed by atoms with E-state index in [4.69, 9.17) is 9.47 Å². The van der Waals surface area contributed by atoms with Crippen LogP contribution < -0.4 is 0 Å². The van der Waals surface area contributed by atoms with Crippen LogP contribution in [0.2, 0.25) is 0 Å². The van der Waals surface area contributed by atoms with Crippen LogP contribution in [-0.4, -0.2) is 94.8 Å². The highest BCUT2D eigenvalue weighted by molar-refractivity contribution is 7.89. The zero-order valence-corrected chi connectivity index (χ0v) is 20.2. The zero-order valence-electron chi connectivity index (χ0n) is 17.7. The van der Waals surface area contributed by atoms with E-state index in [9.17, 15) is 25.3 Å². The van der Waals surface area contributed by atoms with Gasteiger partial charge in [-0.3, -0.25) is 8.37 Å². The Morgan fingerprint density at radius 1 is 0.677 bits per heavy atom. The number of ether oxygens (including phenoxy) is 2. The fourth-order valence-electron chi connectivity index (χ4n) is 2.24. The third-order valence-corrected chi connectivity index (χ3v) is 6.78. The van der Waals surface area contributed by atoms with Crippen molar-refractivity contribution >= 4 is 30.3 Å². The van der Waals surface area contributed by atoms with Crippen LogP contribution in [-0.2, 0) is 48.1 Å². The fraction of sp³-hybridized carbons (Fsp3) is 0.647. The first kappa shape index (κ1) is 27.9. The molecule has 14 heteroatoms. The lowest BCUT2D eigenvalue weighted by molar-refractivity contribution is 0.0765. The second-order valence-electron chi connectivity index (χ2n) is 6.49. The van der Waals surface area contributed by atoms with Crippen LogP contribution >= 0.6 is 0 Å². The minimum Gasteiger partial charge on any atom is -0.378 e. The monoisotopic (exact) mass is 503 g/mol. The first-order valence-corrected chi connectivity index (χ1v) is 14.3. The topological polar surface area (TPSA) is 143 Å². The van der Waals surface area contributed by atoms with E-state index in [1.54, 1.807) is 12.1 Å². The predicted octanol–water partition coefficient (Wildman–Crippen LogP) is -0.0287. The summed E-state index contributed by atoms with van der Waals surface area (Å²) in [5.74, 6) is 0. The Kier molecular flexibility index (Phi) is 11.5. The van der Waals surface area contributed by atoms with E-state index in [2.05, 4.69) is 8.37 Å². The Morgan fingerprint density at radius 3 is 1.48 bits per heavy atom. The van der Waals surface area contributed by atoms with Gasteiger partial charge in [-0.2, -0.15) is 21.1 Å². The van der Waals surface area contributed by atoms with E-state index in [-0.39, 0.29) is 57.6 Å². The molecule has 0 bridgehead atoms. The fourth-order valence-corrected chi connectivity index (χ4v) is 4.39. The first-order valence-electron chi connectivity index (χ1n) is 9.22. The third-order valence-electron chi connectivity index (χ3n) is 3.68. The quantitative estimate of drug-likeness (QED) is 0.223. The summed E-state index contributed by atoms with van der Waals surface area (Å²) in [4.78, 5) is 0.110. The van der Waals surface area contributed by atoms with Crippen molar-refractivity contribution in [1.82, 2.24) is 4.31 Å². The highest BCUT2D eigenvalue weighted by Crippen LogP contribution is 2.16. The van der Waals surface area contributed by atoms with E-state index in [1.807, 2.05) is 6.92 Å². The predicted molar refractivity (Wildman–Crippen MR) is 113 cm³/mol. The molecule has 0 N–H and O–H groups in total. The Balaban J connectivity index is 2.63. The number of rotatable bonds is 16. The van der Waals surface area contributed by atoms with Gasteiger partial charge in [0.2, 0.25) is 10.0 Å². The number of hydrogen-bond donors (Lipinski definition) is 0. The molecule has 0 fully saturated rings. The van der Waals surface area contributed by atoms with Crippen LogP contribution in [0.25, 0.3) is 0 Å². The average molecular weight is 504 g/mol. The van der Waals surface area contributed by atoms with Gasteiger partial charge < -0.3 is 9.47 Å². The summed E-state index contributed by atoms with van der Waals surface area (Å²) in [5.41, 5.74) is 0.911. The standard InChI is InChI=1S/C17H29NO10S3/c1-16-4-6-17(7-5-16)31(23,24)18(8-10-25-12-14-27-29(2,19)20)9-11-26-13-15-28-30(3,21)22/h4-7H,8-15H2,1-3H3. The SMILES string of the molecule is Cc1ccc(S(=O)(=O)N(CCOCCOS(C)(=O)=O)CCOCCOS(C)(=O)=O)cc1. The van der Waals surface area contributed by atoms with Gasteiger partial charge in [-0.15, -0.1) is 0 Å². The molecule has 0 amide bonds. The third kappa shape index (κ3) is 12.5. The molecule has 0 unspecified atom stereocenters. The lowest BCUT2D eigenvalue weighted by Gasteiger charge is -2.22. The zero-order chi connectivity index (χ0) is 23.5. The molecule has 180 valence electrons. The van der Waals surface area contributed by atoms with Crippen LogP contribution in [0, 0.1) is 6.92 Å². The second-order valence-corrected chi connectivity index (χ2v) is 11.7. The van der Waals surface area contributed by atoms with Gasteiger partial charge in [0.1, 0.15) is 0 Å². The van der Waals surface area contributed by atoms with Gasteiger partial charge in [0, 0.05) is 13.1 Å². The maximum absolute atomic E-state index is 13.0. The summed E-state index contributed by atoms with van der Waals surface area (Å²) in [6.45, 7) is 1.46. The highest BCUT2D eigenvalue weighted by Gasteiger charge is 2.24. The van der Waals surface area contributed by atoms with Gasteiger partial charge in [-0.05, 0) is 19.1 Å². The molecule has 0 aromatic heterocycles. The van der Waals surface area contributed by atoms with Crippen molar-refractivity contribution in [1.29, 1.82) is 0 Å². The van der Waals surface area contributed by atoms with Crippen molar-refractivity contribution < 1.29 is 43.1 Å². The van der Waals surface area contributed by atoms with E-state index in [1.165, 1.54) is 16.4 Å². The number of hydrogen-bond acceptors (Lipinski definition) is 10. The Hall–Kier alpha value is -1.13. The average Bonchev–Trinajstić information content (AvgIpc) is 2.63. The Bertz CT molecular complexity index is 929. The molecule has 1 rings (SSSR count). The van der Waals surface area contributed by atoms with Crippen molar-refractivity contribution in [2.45, 2.75) is 11.8 Å². The number of benzene rings is 1. The van der Waals surface area contributed by atoms with E-state index in [0.717, 1.165) is 18.1 Å². The lowest BCUT2D eigenvalue weighted by atomic mass is 10.2. The Labute approximate surface area is 184 Å². The van der Waals surface area contributed by atoms with Gasteiger partial charge in [0.25, 0.3) is 20.2 Å². The van der Waals surface area contributed by atoms with Crippen molar-refractivity contribution in [3.05, 3.63) is 29.8 Å². The van der Waals surface area contributed by atoms with Crippen molar-refractivity contribution in [3.63, 3.8) is 0 Å².